The Kier molecular flexibility index (Phi) is 35.1. The molecule has 0 aliphatic carbocycles. The van der Waals surface area contributed by atoms with E-state index in [1.807, 2.05) is 206 Å². The molecule has 0 aliphatic heterocycles. The average Bonchev–Trinajstić information content (AvgIpc) is 0.771. The highest BCUT2D eigenvalue weighted by atomic mass is 16.3. The summed E-state index contributed by atoms with van der Waals surface area (Å²) >= 11 is 0. The maximum atomic E-state index is 10.2. The van der Waals surface area contributed by atoms with E-state index in [2.05, 4.69) is 152 Å². The van der Waals surface area contributed by atoms with Crippen molar-refractivity contribution in [3.63, 3.8) is 0 Å². The van der Waals surface area contributed by atoms with E-state index in [1.54, 1.807) is 36.4 Å². The van der Waals surface area contributed by atoms with Gasteiger partial charge in [-0.25, -0.2) is 0 Å². The average molecular weight is 1800 g/mol. The van der Waals surface area contributed by atoms with Crippen molar-refractivity contribution in [1.82, 2.24) is 0 Å². The number of aryl methyl sites for hydroxylation is 20. The van der Waals surface area contributed by atoms with E-state index in [0.717, 1.165) is 196 Å². The molecule has 698 valence electrons. The van der Waals surface area contributed by atoms with Gasteiger partial charge in [-0.15, -0.1) is 0 Å². The summed E-state index contributed by atoms with van der Waals surface area (Å²) in [5.41, 5.74) is 36.8. The van der Waals surface area contributed by atoms with Gasteiger partial charge in [0.2, 0.25) is 0 Å². The molecule has 12 N–H and O–H groups in total. The van der Waals surface area contributed by atoms with Gasteiger partial charge in [-0.05, 0) is 457 Å². The number of benzene rings is 15. The molecule has 0 amide bonds. The van der Waals surface area contributed by atoms with Gasteiger partial charge in [0.25, 0.3) is 0 Å². The highest BCUT2D eigenvalue weighted by molar-refractivity contribution is 6.04. The summed E-state index contributed by atoms with van der Waals surface area (Å²) < 4.78 is 0. The lowest BCUT2D eigenvalue weighted by Crippen LogP contribution is -2.05. The van der Waals surface area contributed by atoms with Crippen LogP contribution in [0.1, 0.15) is 237 Å². The first-order valence-electron chi connectivity index (χ1n) is 46.9. The summed E-state index contributed by atoms with van der Waals surface area (Å²) in [7, 11) is 0. The van der Waals surface area contributed by atoms with E-state index in [1.165, 1.54) is 55.3 Å². The second-order valence-corrected chi connectivity index (χ2v) is 36.9. The molecule has 12 nitrogen and oxygen atoms in total. The number of phenols is 12. The van der Waals surface area contributed by atoms with Gasteiger partial charge in [0.1, 0.15) is 69.0 Å². The lowest BCUT2D eigenvalue weighted by Gasteiger charge is -2.22. The van der Waals surface area contributed by atoms with Crippen molar-refractivity contribution in [2.24, 2.45) is 0 Å². The Labute approximate surface area is 795 Å². The molecule has 0 unspecified atom stereocenters. The molecule has 15 aromatic rings. The van der Waals surface area contributed by atoms with E-state index in [9.17, 15) is 61.3 Å². The number of phenolic OH excluding ortho intramolecular Hbond substituents is 12. The quantitative estimate of drug-likeness (QED) is 0.0341. The summed E-state index contributed by atoms with van der Waals surface area (Å²) in [6, 6.07) is 79.1. The van der Waals surface area contributed by atoms with Crippen molar-refractivity contribution in [3.05, 3.63) is 387 Å². The van der Waals surface area contributed by atoms with Gasteiger partial charge < -0.3 is 61.3 Å². The van der Waals surface area contributed by atoms with E-state index >= 15 is 0 Å². The molecule has 15 aromatic carbocycles. The Morgan fingerprint density at radius 3 is 0.784 bits per heavy atom. The van der Waals surface area contributed by atoms with Gasteiger partial charge in [-0.2, -0.15) is 0 Å². The molecule has 0 aliphatic rings. The van der Waals surface area contributed by atoms with Crippen molar-refractivity contribution in [2.45, 2.75) is 227 Å². The molecule has 0 heterocycles. The Morgan fingerprint density at radius 2 is 0.485 bits per heavy atom. The first-order chi connectivity index (χ1) is 63.6. The van der Waals surface area contributed by atoms with Crippen LogP contribution in [-0.2, 0) is 38.5 Å². The smallest absolute Gasteiger partial charge is 0.119 e. The minimum absolute atomic E-state index is 0.209. The zero-order valence-corrected chi connectivity index (χ0v) is 82.4. The zero-order valence-electron chi connectivity index (χ0n) is 82.4. The monoisotopic (exact) mass is 1800 g/mol. The van der Waals surface area contributed by atoms with Crippen molar-refractivity contribution >= 4 is 10.8 Å². The Morgan fingerprint density at radius 1 is 0.209 bits per heavy atom. The predicted molar refractivity (Wildman–Crippen MR) is 556 cm³/mol. The van der Waals surface area contributed by atoms with Crippen LogP contribution < -0.4 is 0 Å². The first kappa shape index (κ1) is 102. The van der Waals surface area contributed by atoms with Gasteiger partial charge >= 0.3 is 0 Å². The van der Waals surface area contributed by atoms with Crippen LogP contribution >= 0.6 is 0 Å². The fourth-order valence-corrected chi connectivity index (χ4v) is 17.6. The molecular formula is C122H138O12. The summed E-state index contributed by atoms with van der Waals surface area (Å²) in [5.74, 6) is 5.31. The number of fused-ring (bicyclic) bond motifs is 1. The van der Waals surface area contributed by atoms with E-state index in [-0.39, 0.29) is 17.8 Å². The molecule has 15 rings (SSSR count). The third-order valence-electron chi connectivity index (χ3n) is 26.2. The normalized spacial score (nSPS) is 11.0. The molecule has 0 saturated heterocycles. The third-order valence-corrected chi connectivity index (χ3v) is 26.2. The van der Waals surface area contributed by atoms with Gasteiger partial charge in [0.05, 0.1) is 0 Å². The van der Waals surface area contributed by atoms with E-state index < -0.39 is 0 Å². The molecule has 0 spiro atoms. The summed E-state index contributed by atoms with van der Waals surface area (Å²) in [4.78, 5) is 0. The Bertz CT molecular complexity index is 6250. The third kappa shape index (κ3) is 25.7. The predicted octanol–water partition coefficient (Wildman–Crippen LogP) is 30.8. The first-order valence-corrected chi connectivity index (χ1v) is 46.9. The fraction of sp³-hybridized carbons (Fsp3) is 0.279. The van der Waals surface area contributed by atoms with Crippen LogP contribution in [-0.4, -0.2) is 61.3 Å². The second-order valence-electron chi connectivity index (χ2n) is 36.9. The van der Waals surface area contributed by atoms with Gasteiger partial charge in [-0.3, -0.25) is 0 Å². The van der Waals surface area contributed by atoms with Gasteiger partial charge in [0, 0.05) is 11.8 Å². The van der Waals surface area contributed by atoms with E-state index in [4.69, 9.17) is 0 Å². The van der Waals surface area contributed by atoms with Crippen molar-refractivity contribution in [2.75, 3.05) is 0 Å². The number of aromatic hydroxyl groups is 12. The van der Waals surface area contributed by atoms with Gasteiger partial charge in [0.15, 0.2) is 0 Å². The maximum Gasteiger partial charge on any atom is 0.119 e. The number of rotatable bonds is 20. The van der Waals surface area contributed by atoms with Crippen LogP contribution in [0.4, 0.5) is 0 Å². The van der Waals surface area contributed by atoms with Crippen molar-refractivity contribution in [1.29, 1.82) is 0 Å². The Hall–Kier alpha value is -13.8. The molecule has 0 saturated carbocycles. The summed E-state index contributed by atoms with van der Waals surface area (Å²) in [5, 5.41) is 120. The zero-order chi connectivity index (χ0) is 98.0. The molecule has 0 bridgehead atoms. The summed E-state index contributed by atoms with van der Waals surface area (Å²) in [6.07, 6.45) is 7.56. The molecule has 134 heavy (non-hydrogen) atoms. The van der Waals surface area contributed by atoms with E-state index in [0.29, 0.717) is 74.9 Å². The molecule has 0 aromatic heterocycles. The SMILES string of the molecule is CCC(c1ccc(O)c(C)c1)c1ccc(O)c(C)c1.CCc1cc(-c2ccc(-c3ccc(O)c(CC)c3)cc2)ccc1O.Cc1cc(-c2cccc3c(-c4ccc(O)c(C)c4)cccc23)ccc1O.Cc1cc(CCCc2cc(C)c(O)cc2C)c(C)cc1O.Cc1cc(CCc2cc(C)c(O)cc2C)c(C)cc1O.Cc1cc(O)c(C(C)C)cc1C(C)c1cc(C(C)C)c(O)cc1C. The highest BCUT2D eigenvalue weighted by Crippen LogP contribution is 2.43. The standard InChI is InChI=1S/C24H20O2.C22H22O2.C22H30O2.C19H24O2.C18H22O2.C17H20O2/c1-15-13-17(9-11-23(15)25)19-5-3-8-22-20(6-4-7-21(19)22)18-10-12-24(26)16(2)14-18;1-3-15-13-19(9-11-21(15)23)17-5-7-18(8-6-17)20-10-12-22(24)16(4-2)14-20;1-12(2)17-10-19(14(5)8-21(17)23)16(7)20-11-18(13(3)4)22(24)9-15(20)6;1-12-10-18(20)14(3)8-16(12)6-5-7-17-9-15(4)19(21)11-13(17)2;1-11-9-17(19)13(3)7-15(11)5-6-16-8-14(4)18(20)10-12(16)2;1-4-15(13-5-7-16(18)11(2)9-13)14-6-8-17(19)12(3)10-14/h3-14,25-26H,1-2H3;5-14,23-24H,3-4H2,1-2H3;8-13,16,23-24H,1-7H3;8-11,20-21H,5-7H2,1-4H3;7-10,19-20H,5-6H2,1-4H3;5-10,15,18-19H,4H2,1-3H3. The number of hydrogen-bond donors (Lipinski definition) is 12. The molecule has 12 heteroatoms. The van der Waals surface area contributed by atoms with Crippen LogP contribution in [0.15, 0.2) is 243 Å². The number of hydrogen-bond acceptors (Lipinski definition) is 12. The van der Waals surface area contributed by atoms with Crippen LogP contribution in [0.5, 0.6) is 69.0 Å². The second kappa shape index (κ2) is 46.0. The molecule has 0 radical (unpaired) electrons. The minimum Gasteiger partial charge on any atom is -0.508 e. The summed E-state index contributed by atoms with van der Waals surface area (Å²) in [6.45, 7) is 44.4. The van der Waals surface area contributed by atoms with Crippen molar-refractivity contribution in [3.8, 4) is 114 Å². The van der Waals surface area contributed by atoms with Crippen LogP contribution in [0.3, 0.4) is 0 Å². The molecular weight excluding hydrogens is 1660 g/mol. The highest BCUT2D eigenvalue weighted by Gasteiger charge is 2.22. The lowest BCUT2D eigenvalue weighted by molar-refractivity contribution is 0.463. The Balaban J connectivity index is 0.000000167. The molecule has 0 fully saturated rings. The lowest BCUT2D eigenvalue weighted by atomic mass is 9.83. The maximum absolute atomic E-state index is 10.2. The van der Waals surface area contributed by atoms with Crippen molar-refractivity contribution < 1.29 is 61.3 Å². The van der Waals surface area contributed by atoms with Crippen LogP contribution in [0.2, 0.25) is 0 Å². The van der Waals surface area contributed by atoms with Crippen LogP contribution in [0.25, 0.3) is 55.3 Å². The molecule has 0 atom stereocenters. The minimum atomic E-state index is 0.209. The topological polar surface area (TPSA) is 243 Å². The fourth-order valence-electron chi connectivity index (χ4n) is 17.6. The van der Waals surface area contributed by atoms with Gasteiger partial charge in [-0.1, -0.05) is 201 Å². The van der Waals surface area contributed by atoms with Crippen LogP contribution in [0, 0.1) is 96.9 Å². The largest absolute Gasteiger partial charge is 0.508 e.